The van der Waals surface area contributed by atoms with Crippen molar-refractivity contribution in [2.24, 2.45) is 11.7 Å². The Labute approximate surface area is 102 Å². The van der Waals surface area contributed by atoms with Crippen LogP contribution in [-0.4, -0.2) is 28.4 Å². The number of nitrogens with zero attached hydrogens (tertiary/aromatic N) is 3. The topological polar surface area (TPSA) is 78.9 Å². The van der Waals surface area contributed by atoms with Gasteiger partial charge in [0.05, 0.1) is 5.56 Å². The number of nitrogen functional groups attached to an aromatic ring is 1. The highest BCUT2D eigenvalue weighted by atomic mass is 15.2. The summed E-state index contributed by atoms with van der Waals surface area (Å²) in [4.78, 5) is 10.5. The van der Waals surface area contributed by atoms with E-state index in [0.717, 1.165) is 12.4 Å². The monoisotopic (exact) mass is 233 g/mol. The van der Waals surface area contributed by atoms with E-state index in [1.54, 1.807) is 6.20 Å². The van der Waals surface area contributed by atoms with Crippen LogP contribution in [0.4, 0.5) is 5.82 Å². The summed E-state index contributed by atoms with van der Waals surface area (Å²) in [6.45, 7) is 5.32. The standard InChI is InChI=1S/C12H19N5/c1-8(2)6-17(9-3-4-9)12-10(11(13)14)5-15-7-16-12/h5,7-9H,3-4,6H2,1-2H3,(H3,13,14). The lowest BCUT2D eigenvalue weighted by Crippen LogP contribution is -2.33. The molecule has 0 radical (unpaired) electrons. The first-order valence-corrected chi connectivity index (χ1v) is 6.00. The summed E-state index contributed by atoms with van der Waals surface area (Å²) in [6.07, 6.45) is 5.56. The average molecular weight is 233 g/mol. The molecular formula is C12H19N5. The van der Waals surface area contributed by atoms with Gasteiger partial charge < -0.3 is 10.6 Å². The first-order chi connectivity index (χ1) is 8.09. The molecule has 1 heterocycles. The van der Waals surface area contributed by atoms with E-state index in [9.17, 15) is 0 Å². The number of aromatic nitrogens is 2. The molecule has 0 amide bonds. The quantitative estimate of drug-likeness (QED) is 0.595. The molecule has 5 nitrogen and oxygen atoms in total. The minimum absolute atomic E-state index is 0.0370. The van der Waals surface area contributed by atoms with E-state index in [2.05, 4.69) is 28.7 Å². The van der Waals surface area contributed by atoms with Crippen molar-refractivity contribution in [2.45, 2.75) is 32.7 Å². The van der Waals surface area contributed by atoms with Gasteiger partial charge in [-0.25, -0.2) is 9.97 Å². The van der Waals surface area contributed by atoms with Crippen molar-refractivity contribution >= 4 is 11.7 Å². The Bertz CT molecular complexity index is 411. The van der Waals surface area contributed by atoms with E-state index in [4.69, 9.17) is 11.1 Å². The Morgan fingerprint density at radius 1 is 1.59 bits per heavy atom. The number of hydrogen-bond acceptors (Lipinski definition) is 4. The van der Waals surface area contributed by atoms with Crippen LogP contribution in [0, 0.1) is 11.3 Å². The summed E-state index contributed by atoms with van der Waals surface area (Å²) in [5.41, 5.74) is 6.22. The van der Waals surface area contributed by atoms with Crippen molar-refractivity contribution in [3.63, 3.8) is 0 Å². The van der Waals surface area contributed by atoms with Crippen molar-refractivity contribution in [1.29, 1.82) is 5.41 Å². The number of rotatable bonds is 5. The summed E-state index contributed by atoms with van der Waals surface area (Å²) in [5.74, 6) is 1.41. The maximum atomic E-state index is 7.58. The zero-order chi connectivity index (χ0) is 12.4. The van der Waals surface area contributed by atoms with Crippen molar-refractivity contribution in [2.75, 3.05) is 11.4 Å². The van der Waals surface area contributed by atoms with Gasteiger partial charge in [0, 0.05) is 18.8 Å². The number of nitrogens with one attached hydrogen (secondary N) is 1. The number of hydrogen-bond donors (Lipinski definition) is 2. The molecule has 0 aliphatic heterocycles. The zero-order valence-electron chi connectivity index (χ0n) is 10.3. The minimum atomic E-state index is 0.0370. The van der Waals surface area contributed by atoms with Gasteiger partial charge in [-0.3, -0.25) is 5.41 Å². The van der Waals surface area contributed by atoms with Crippen LogP contribution in [0.25, 0.3) is 0 Å². The molecule has 0 spiro atoms. The Hall–Kier alpha value is -1.65. The van der Waals surface area contributed by atoms with Crippen LogP contribution in [0.5, 0.6) is 0 Å². The van der Waals surface area contributed by atoms with Crippen molar-refractivity contribution in [1.82, 2.24) is 9.97 Å². The summed E-state index contributed by atoms with van der Waals surface area (Å²) in [6, 6.07) is 0.561. The molecule has 1 saturated carbocycles. The predicted octanol–water partition coefficient (Wildman–Crippen LogP) is 1.39. The molecular weight excluding hydrogens is 214 g/mol. The largest absolute Gasteiger partial charge is 0.384 e. The fourth-order valence-electron chi connectivity index (χ4n) is 1.93. The second-order valence-electron chi connectivity index (χ2n) is 4.95. The molecule has 5 heteroatoms. The van der Waals surface area contributed by atoms with Crippen molar-refractivity contribution in [3.8, 4) is 0 Å². The maximum absolute atomic E-state index is 7.58. The highest BCUT2D eigenvalue weighted by Crippen LogP contribution is 2.32. The SMILES string of the molecule is CC(C)CN(c1ncncc1C(=N)N)C1CC1. The van der Waals surface area contributed by atoms with E-state index < -0.39 is 0 Å². The van der Waals surface area contributed by atoms with Crippen molar-refractivity contribution < 1.29 is 0 Å². The molecule has 0 aromatic carbocycles. The average Bonchev–Trinajstić information content (AvgIpc) is 3.09. The minimum Gasteiger partial charge on any atom is -0.384 e. The molecule has 1 aromatic rings. The molecule has 0 saturated heterocycles. The van der Waals surface area contributed by atoms with Crippen LogP contribution in [0.3, 0.4) is 0 Å². The van der Waals surface area contributed by atoms with Crippen LogP contribution in [-0.2, 0) is 0 Å². The van der Waals surface area contributed by atoms with Crippen molar-refractivity contribution in [3.05, 3.63) is 18.1 Å². The van der Waals surface area contributed by atoms with Gasteiger partial charge in [0.1, 0.15) is 18.0 Å². The Morgan fingerprint density at radius 3 is 2.82 bits per heavy atom. The molecule has 0 bridgehead atoms. The van der Waals surface area contributed by atoms with Gasteiger partial charge in [0.25, 0.3) is 0 Å². The first-order valence-electron chi connectivity index (χ1n) is 6.00. The normalized spacial score (nSPS) is 15.0. The number of nitrogens with two attached hydrogens (primary N) is 1. The third kappa shape index (κ3) is 2.72. The maximum Gasteiger partial charge on any atom is 0.143 e. The summed E-state index contributed by atoms with van der Waals surface area (Å²) in [5, 5.41) is 7.58. The van der Waals surface area contributed by atoms with Crippen LogP contribution in [0.1, 0.15) is 32.3 Å². The van der Waals surface area contributed by atoms with Gasteiger partial charge in [-0.05, 0) is 18.8 Å². The van der Waals surface area contributed by atoms with Crippen LogP contribution in [0.15, 0.2) is 12.5 Å². The molecule has 0 atom stereocenters. The molecule has 1 aromatic heterocycles. The third-order valence-corrected chi connectivity index (χ3v) is 2.80. The highest BCUT2D eigenvalue weighted by Gasteiger charge is 2.31. The number of anilines is 1. The van der Waals surface area contributed by atoms with Gasteiger partial charge >= 0.3 is 0 Å². The molecule has 1 aliphatic rings. The molecule has 17 heavy (non-hydrogen) atoms. The second kappa shape index (κ2) is 4.69. The Morgan fingerprint density at radius 2 is 2.29 bits per heavy atom. The van der Waals surface area contributed by atoms with Gasteiger partial charge in [-0.2, -0.15) is 0 Å². The lowest BCUT2D eigenvalue weighted by atomic mass is 10.2. The van der Waals surface area contributed by atoms with Gasteiger partial charge in [0.15, 0.2) is 0 Å². The molecule has 2 rings (SSSR count). The molecule has 1 aliphatic carbocycles. The summed E-state index contributed by atoms with van der Waals surface area (Å²) >= 11 is 0. The first kappa shape index (κ1) is 11.8. The third-order valence-electron chi connectivity index (χ3n) is 2.80. The molecule has 1 fully saturated rings. The van der Waals surface area contributed by atoms with Crippen LogP contribution < -0.4 is 10.6 Å². The van der Waals surface area contributed by atoms with E-state index in [1.165, 1.54) is 19.2 Å². The summed E-state index contributed by atoms with van der Waals surface area (Å²) in [7, 11) is 0. The van der Waals surface area contributed by atoms with E-state index >= 15 is 0 Å². The lowest BCUT2D eigenvalue weighted by molar-refractivity contribution is 0.602. The fraction of sp³-hybridized carbons (Fsp3) is 0.583. The second-order valence-corrected chi connectivity index (χ2v) is 4.95. The molecule has 0 unspecified atom stereocenters. The predicted molar refractivity (Wildman–Crippen MR) is 68.3 cm³/mol. The fourth-order valence-corrected chi connectivity index (χ4v) is 1.93. The van der Waals surface area contributed by atoms with Gasteiger partial charge in [-0.1, -0.05) is 13.8 Å². The van der Waals surface area contributed by atoms with Gasteiger partial charge in [0.2, 0.25) is 0 Å². The molecule has 3 N–H and O–H groups in total. The van der Waals surface area contributed by atoms with Crippen LogP contribution in [0.2, 0.25) is 0 Å². The Kier molecular flexibility index (Phi) is 3.26. The zero-order valence-corrected chi connectivity index (χ0v) is 10.3. The molecule has 92 valence electrons. The van der Waals surface area contributed by atoms with Crippen LogP contribution >= 0.6 is 0 Å². The highest BCUT2D eigenvalue weighted by molar-refractivity contribution is 5.99. The van der Waals surface area contributed by atoms with Gasteiger partial charge in [-0.15, -0.1) is 0 Å². The number of amidine groups is 1. The Balaban J connectivity index is 2.31. The smallest absolute Gasteiger partial charge is 0.143 e. The summed E-state index contributed by atoms with van der Waals surface area (Å²) < 4.78 is 0. The lowest BCUT2D eigenvalue weighted by Gasteiger charge is -2.26. The van der Waals surface area contributed by atoms with E-state index in [0.29, 0.717) is 17.5 Å². The van der Waals surface area contributed by atoms with E-state index in [1.807, 2.05) is 0 Å². The van der Waals surface area contributed by atoms with E-state index in [-0.39, 0.29) is 5.84 Å².